The summed E-state index contributed by atoms with van der Waals surface area (Å²) >= 11 is 0. The molecule has 0 aliphatic rings. The van der Waals surface area contributed by atoms with Gasteiger partial charge in [0.15, 0.2) is 11.6 Å². The van der Waals surface area contributed by atoms with Crippen LogP contribution in [0.5, 0.6) is 5.75 Å². The fourth-order valence-electron chi connectivity index (χ4n) is 2.42. The van der Waals surface area contributed by atoms with Gasteiger partial charge in [0.05, 0.1) is 13.2 Å². The molecule has 0 aliphatic carbocycles. The number of ether oxygens (including phenoxy) is 1. The topological polar surface area (TPSA) is 38.3 Å². The summed E-state index contributed by atoms with van der Waals surface area (Å²) in [4.78, 5) is 12.3. The van der Waals surface area contributed by atoms with E-state index in [1.165, 1.54) is 13.2 Å². The second-order valence-corrected chi connectivity index (χ2v) is 5.47. The Kier molecular flexibility index (Phi) is 4.81. The molecule has 0 saturated heterocycles. The Hall–Kier alpha value is -2.36. The summed E-state index contributed by atoms with van der Waals surface area (Å²) < 4.78 is 18.6. The molecule has 0 bridgehead atoms. The van der Waals surface area contributed by atoms with Gasteiger partial charge in [0, 0.05) is 5.56 Å². The number of benzene rings is 2. The van der Waals surface area contributed by atoms with E-state index in [2.05, 4.69) is 5.32 Å². The minimum Gasteiger partial charge on any atom is -0.494 e. The van der Waals surface area contributed by atoms with Crippen LogP contribution in [0.25, 0.3) is 0 Å². The molecule has 2 rings (SSSR count). The first-order valence-electron chi connectivity index (χ1n) is 7.13. The van der Waals surface area contributed by atoms with E-state index in [1.54, 1.807) is 12.1 Å². The van der Waals surface area contributed by atoms with Gasteiger partial charge in [-0.25, -0.2) is 4.39 Å². The Morgan fingerprint density at radius 3 is 2.32 bits per heavy atom. The molecule has 1 amide bonds. The fourth-order valence-corrected chi connectivity index (χ4v) is 2.42. The van der Waals surface area contributed by atoms with E-state index in [9.17, 15) is 9.18 Å². The fraction of sp³-hybridized carbons (Fsp3) is 0.278. The van der Waals surface area contributed by atoms with E-state index in [0.29, 0.717) is 11.1 Å². The Morgan fingerprint density at radius 2 is 1.77 bits per heavy atom. The van der Waals surface area contributed by atoms with Gasteiger partial charge in [-0.05, 0) is 50.6 Å². The molecular weight excluding hydrogens is 281 g/mol. The summed E-state index contributed by atoms with van der Waals surface area (Å²) in [5.74, 6) is -0.417. The Labute approximate surface area is 130 Å². The predicted molar refractivity (Wildman–Crippen MR) is 84.7 cm³/mol. The zero-order valence-corrected chi connectivity index (χ0v) is 13.2. The molecule has 2 aromatic carbocycles. The molecule has 0 aromatic heterocycles. The van der Waals surface area contributed by atoms with Crippen LogP contribution in [0.4, 0.5) is 4.39 Å². The molecule has 1 atom stereocenters. The minimum atomic E-state index is -0.438. The Morgan fingerprint density at radius 1 is 1.14 bits per heavy atom. The number of methoxy groups -OCH3 is 1. The van der Waals surface area contributed by atoms with Gasteiger partial charge in [-0.15, -0.1) is 0 Å². The maximum absolute atomic E-state index is 13.7. The lowest BCUT2D eigenvalue weighted by Crippen LogP contribution is -2.26. The van der Waals surface area contributed by atoms with E-state index >= 15 is 0 Å². The number of nitrogens with one attached hydrogen (secondary N) is 1. The molecule has 0 saturated carbocycles. The van der Waals surface area contributed by atoms with Gasteiger partial charge in [0.2, 0.25) is 0 Å². The van der Waals surface area contributed by atoms with E-state index in [0.717, 1.165) is 11.1 Å². The van der Waals surface area contributed by atoms with Crippen molar-refractivity contribution in [3.05, 3.63) is 64.5 Å². The number of carbonyl (C=O) groups excluding carboxylic acids is 1. The Balaban J connectivity index is 2.15. The highest BCUT2D eigenvalue weighted by molar-refractivity contribution is 5.94. The maximum Gasteiger partial charge on any atom is 0.251 e. The smallest absolute Gasteiger partial charge is 0.251 e. The normalized spacial score (nSPS) is 11.9. The summed E-state index contributed by atoms with van der Waals surface area (Å²) in [6.07, 6.45) is 0. The van der Waals surface area contributed by atoms with Crippen LogP contribution in [0, 0.1) is 19.7 Å². The van der Waals surface area contributed by atoms with Gasteiger partial charge >= 0.3 is 0 Å². The number of aryl methyl sites for hydroxylation is 2. The number of rotatable bonds is 4. The van der Waals surface area contributed by atoms with Crippen LogP contribution in [0.3, 0.4) is 0 Å². The lowest BCUT2D eigenvalue weighted by Gasteiger charge is -2.16. The summed E-state index contributed by atoms with van der Waals surface area (Å²) in [6, 6.07) is 10.1. The van der Waals surface area contributed by atoms with Crippen LogP contribution in [0.15, 0.2) is 36.4 Å². The molecule has 0 spiro atoms. The van der Waals surface area contributed by atoms with Crippen molar-refractivity contribution in [1.82, 2.24) is 5.32 Å². The first kappa shape index (κ1) is 16.0. The van der Waals surface area contributed by atoms with Crippen molar-refractivity contribution in [1.29, 1.82) is 0 Å². The summed E-state index contributed by atoms with van der Waals surface area (Å²) in [7, 11) is 1.42. The van der Waals surface area contributed by atoms with Crippen molar-refractivity contribution < 1.29 is 13.9 Å². The zero-order valence-electron chi connectivity index (χ0n) is 13.2. The molecular formula is C18H20FNO2. The van der Waals surface area contributed by atoms with Gasteiger partial charge in [-0.3, -0.25) is 4.79 Å². The van der Waals surface area contributed by atoms with Crippen LogP contribution in [0.1, 0.15) is 40.0 Å². The highest BCUT2D eigenvalue weighted by Gasteiger charge is 2.14. The third-order valence-corrected chi connectivity index (χ3v) is 3.51. The molecule has 0 aliphatic heterocycles. The highest BCUT2D eigenvalue weighted by atomic mass is 19.1. The lowest BCUT2D eigenvalue weighted by atomic mass is 10.0. The lowest BCUT2D eigenvalue weighted by molar-refractivity contribution is 0.0939. The van der Waals surface area contributed by atoms with Crippen LogP contribution >= 0.6 is 0 Å². The van der Waals surface area contributed by atoms with Crippen molar-refractivity contribution in [3.63, 3.8) is 0 Å². The predicted octanol–water partition coefficient (Wildman–Crippen LogP) is 3.94. The van der Waals surface area contributed by atoms with Crippen LogP contribution < -0.4 is 10.1 Å². The summed E-state index contributed by atoms with van der Waals surface area (Å²) in [5, 5.41) is 2.89. The minimum absolute atomic E-state index is 0.171. The SMILES string of the molecule is COc1ccc(C(C)NC(=O)c2cc(C)cc(C)c2)cc1F. The van der Waals surface area contributed by atoms with Gasteiger partial charge in [0.25, 0.3) is 5.91 Å². The van der Waals surface area contributed by atoms with Crippen molar-refractivity contribution in [3.8, 4) is 5.75 Å². The summed E-state index contributed by atoms with van der Waals surface area (Å²) in [6.45, 7) is 5.72. The molecule has 1 unspecified atom stereocenters. The number of hydrogen-bond donors (Lipinski definition) is 1. The number of amides is 1. The molecule has 0 radical (unpaired) electrons. The summed E-state index contributed by atoms with van der Waals surface area (Å²) in [5.41, 5.74) is 3.37. The standard InChI is InChI=1S/C18H20FNO2/c1-11-7-12(2)9-15(8-11)18(21)20-13(3)14-5-6-17(22-4)16(19)10-14/h5-10,13H,1-4H3,(H,20,21). The van der Waals surface area contributed by atoms with E-state index in [-0.39, 0.29) is 17.7 Å². The molecule has 0 heterocycles. The molecule has 4 heteroatoms. The van der Waals surface area contributed by atoms with Gasteiger partial charge < -0.3 is 10.1 Å². The van der Waals surface area contributed by atoms with E-state index in [1.807, 2.05) is 39.0 Å². The van der Waals surface area contributed by atoms with E-state index in [4.69, 9.17) is 4.74 Å². The maximum atomic E-state index is 13.7. The number of carbonyl (C=O) groups is 1. The van der Waals surface area contributed by atoms with Gasteiger partial charge in [-0.1, -0.05) is 23.3 Å². The second kappa shape index (κ2) is 6.60. The molecule has 22 heavy (non-hydrogen) atoms. The van der Waals surface area contributed by atoms with Crippen molar-refractivity contribution in [2.75, 3.05) is 7.11 Å². The van der Waals surface area contributed by atoms with Crippen LogP contribution in [-0.2, 0) is 0 Å². The largest absolute Gasteiger partial charge is 0.494 e. The third kappa shape index (κ3) is 3.64. The molecule has 116 valence electrons. The first-order chi connectivity index (χ1) is 10.4. The van der Waals surface area contributed by atoms with Crippen LogP contribution in [-0.4, -0.2) is 13.0 Å². The van der Waals surface area contributed by atoms with Crippen molar-refractivity contribution in [2.45, 2.75) is 26.8 Å². The third-order valence-electron chi connectivity index (χ3n) is 3.51. The Bertz CT molecular complexity index is 677. The van der Waals surface area contributed by atoms with Crippen molar-refractivity contribution >= 4 is 5.91 Å². The monoisotopic (exact) mass is 301 g/mol. The average molecular weight is 301 g/mol. The average Bonchev–Trinajstić information content (AvgIpc) is 2.46. The van der Waals surface area contributed by atoms with Gasteiger partial charge in [-0.2, -0.15) is 0 Å². The zero-order chi connectivity index (χ0) is 16.3. The van der Waals surface area contributed by atoms with E-state index < -0.39 is 5.82 Å². The molecule has 2 aromatic rings. The quantitative estimate of drug-likeness (QED) is 0.929. The number of hydrogen-bond acceptors (Lipinski definition) is 2. The highest BCUT2D eigenvalue weighted by Crippen LogP contribution is 2.22. The molecule has 3 nitrogen and oxygen atoms in total. The molecule has 0 fully saturated rings. The first-order valence-corrected chi connectivity index (χ1v) is 7.13. The number of halogens is 1. The van der Waals surface area contributed by atoms with Crippen molar-refractivity contribution in [2.24, 2.45) is 0 Å². The molecule has 1 N–H and O–H groups in total. The van der Waals surface area contributed by atoms with Gasteiger partial charge in [0.1, 0.15) is 0 Å². The van der Waals surface area contributed by atoms with Crippen LogP contribution in [0.2, 0.25) is 0 Å². The second-order valence-electron chi connectivity index (χ2n) is 5.47.